The van der Waals surface area contributed by atoms with Crippen molar-refractivity contribution in [2.24, 2.45) is 0 Å². The topological polar surface area (TPSA) is 59.3 Å². The number of halogens is 4. The molecule has 3 aromatic rings. The molecule has 25 heavy (non-hydrogen) atoms. The minimum absolute atomic E-state index is 0.127. The van der Waals surface area contributed by atoms with E-state index in [0.717, 1.165) is 12.1 Å². The molecule has 0 amide bonds. The molecule has 0 aliphatic carbocycles. The van der Waals surface area contributed by atoms with E-state index < -0.39 is 26.5 Å². The number of anilines is 1. The van der Waals surface area contributed by atoms with Gasteiger partial charge in [-0.05, 0) is 37.1 Å². The lowest BCUT2D eigenvalue weighted by Gasteiger charge is -2.16. The first-order valence-corrected chi connectivity index (χ1v) is 9.01. The molecule has 1 atom stereocenters. The van der Waals surface area contributed by atoms with Crippen molar-refractivity contribution in [2.45, 2.75) is 18.0 Å². The van der Waals surface area contributed by atoms with E-state index in [4.69, 9.17) is 11.6 Å². The van der Waals surface area contributed by atoms with Crippen LogP contribution < -0.4 is 4.72 Å². The van der Waals surface area contributed by atoms with Gasteiger partial charge in [-0.15, -0.1) is 0 Å². The van der Waals surface area contributed by atoms with Crippen LogP contribution in [0, 0.1) is 6.92 Å². The smallest absolute Gasteiger partial charge is 0.293 e. The zero-order valence-electron chi connectivity index (χ0n) is 12.8. The predicted octanol–water partition coefficient (Wildman–Crippen LogP) is 3.81. The Balaban J connectivity index is 2.05. The highest BCUT2D eigenvalue weighted by Crippen LogP contribution is 2.36. The standard InChI is InChI=1S/C15H12ClF3N4OS/c1-9-7-14-20-6-5-13(23(14)21-9)22-25(2,24)10-3-4-12(16)11(8-10)15(17,18)19/h3-8H,2H2,1H3,(H,22,24). The summed E-state index contributed by atoms with van der Waals surface area (Å²) in [6.07, 6.45) is -3.19. The molecular weight excluding hydrogens is 377 g/mol. The Morgan fingerprint density at radius 1 is 1.28 bits per heavy atom. The molecule has 0 spiro atoms. The van der Waals surface area contributed by atoms with Crippen LogP contribution in [-0.4, -0.2) is 24.7 Å². The third-order valence-corrected chi connectivity index (χ3v) is 5.26. The number of rotatable bonds is 3. The number of benzene rings is 1. The van der Waals surface area contributed by atoms with E-state index in [2.05, 4.69) is 20.7 Å². The van der Waals surface area contributed by atoms with Crippen LogP contribution in [0.1, 0.15) is 11.3 Å². The molecule has 5 nitrogen and oxygen atoms in total. The molecule has 1 unspecified atom stereocenters. The van der Waals surface area contributed by atoms with Gasteiger partial charge in [0.05, 0.1) is 30.9 Å². The Bertz CT molecular complexity index is 1060. The second-order valence-electron chi connectivity index (χ2n) is 5.30. The molecule has 3 rings (SSSR count). The maximum Gasteiger partial charge on any atom is 0.417 e. The Labute approximate surface area is 146 Å². The van der Waals surface area contributed by atoms with Crippen LogP contribution in [-0.2, 0) is 15.9 Å². The van der Waals surface area contributed by atoms with Gasteiger partial charge in [-0.3, -0.25) is 4.72 Å². The van der Waals surface area contributed by atoms with Gasteiger partial charge >= 0.3 is 6.18 Å². The number of aryl methyl sites for hydroxylation is 1. The van der Waals surface area contributed by atoms with Gasteiger partial charge in [0.25, 0.3) is 0 Å². The Hall–Kier alpha value is -2.26. The molecule has 132 valence electrons. The van der Waals surface area contributed by atoms with Crippen LogP contribution in [0.15, 0.2) is 41.4 Å². The summed E-state index contributed by atoms with van der Waals surface area (Å²) < 4.78 is 56.0. The van der Waals surface area contributed by atoms with Gasteiger partial charge in [-0.25, -0.2) is 9.19 Å². The Morgan fingerprint density at radius 2 is 2.00 bits per heavy atom. The van der Waals surface area contributed by atoms with Crippen molar-refractivity contribution in [2.75, 3.05) is 4.72 Å². The highest BCUT2D eigenvalue weighted by molar-refractivity contribution is 8.01. The number of nitrogens with one attached hydrogen (secondary N) is 1. The third-order valence-electron chi connectivity index (χ3n) is 3.37. The van der Waals surface area contributed by atoms with Gasteiger partial charge in [-0.2, -0.15) is 22.8 Å². The average molecular weight is 389 g/mol. The first-order valence-electron chi connectivity index (χ1n) is 6.91. The van der Waals surface area contributed by atoms with Crippen LogP contribution >= 0.6 is 11.6 Å². The summed E-state index contributed by atoms with van der Waals surface area (Å²) in [6.45, 7) is 1.76. The molecule has 0 saturated carbocycles. The number of alkyl halides is 3. The minimum atomic E-state index is -4.66. The fourth-order valence-electron chi connectivity index (χ4n) is 2.24. The maximum atomic E-state index is 13.0. The zero-order valence-corrected chi connectivity index (χ0v) is 14.4. The normalized spacial score (nSPS) is 14.4. The molecule has 2 aromatic heterocycles. The first-order chi connectivity index (χ1) is 11.6. The summed E-state index contributed by atoms with van der Waals surface area (Å²) in [7, 11) is -3.29. The molecule has 1 N–H and O–H groups in total. The van der Waals surface area contributed by atoms with E-state index in [9.17, 15) is 17.4 Å². The Morgan fingerprint density at radius 3 is 2.68 bits per heavy atom. The lowest BCUT2D eigenvalue weighted by molar-refractivity contribution is -0.137. The van der Waals surface area contributed by atoms with Gasteiger partial charge in [0.1, 0.15) is 5.82 Å². The molecule has 0 bridgehead atoms. The summed E-state index contributed by atoms with van der Waals surface area (Å²) in [5.41, 5.74) is 0.118. The lowest BCUT2D eigenvalue weighted by atomic mass is 10.2. The van der Waals surface area contributed by atoms with Gasteiger partial charge < -0.3 is 0 Å². The summed E-state index contributed by atoms with van der Waals surface area (Å²) in [6, 6.07) is 6.24. The van der Waals surface area contributed by atoms with E-state index >= 15 is 0 Å². The number of hydrogen-bond donors (Lipinski definition) is 1. The van der Waals surface area contributed by atoms with Crippen molar-refractivity contribution >= 4 is 38.6 Å². The summed E-state index contributed by atoms with van der Waals surface area (Å²) in [4.78, 5) is 3.98. The molecule has 1 aromatic carbocycles. The van der Waals surface area contributed by atoms with Crippen molar-refractivity contribution in [1.29, 1.82) is 0 Å². The first kappa shape index (κ1) is 17.6. The zero-order chi connectivity index (χ0) is 18.4. The van der Waals surface area contributed by atoms with E-state index in [1.54, 1.807) is 13.0 Å². The van der Waals surface area contributed by atoms with Crippen LogP contribution in [0.25, 0.3) is 5.65 Å². The Kier molecular flexibility index (Phi) is 4.16. The van der Waals surface area contributed by atoms with Crippen molar-refractivity contribution in [3.63, 3.8) is 0 Å². The highest BCUT2D eigenvalue weighted by Gasteiger charge is 2.34. The maximum absolute atomic E-state index is 13.0. The molecule has 10 heteroatoms. The van der Waals surface area contributed by atoms with Gasteiger partial charge in [0.15, 0.2) is 5.65 Å². The molecule has 0 radical (unpaired) electrons. The average Bonchev–Trinajstić information content (AvgIpc) is 2.87. The molecule has 0 aliphatic rings. The van der Waals surface area contributed by atoms with Crippen molar-refractivity contribution < 1.29 is 17.4 Å². The third kappa shape index (κ3) is 3.42. The number of aromatic nitrogens is 3. The second kappa shape index (κ2) is 5.92. The fourth-order valence-corrected chi connectivity index (χ4v) is 3.67. The summed E-state index contributed by atoms with van der Waals surface area (Å²) in [5, 5.41) is 3.73. The quantitative estimate of drug-likeness (QED) is 0.694. The summed E-state index contributed by atoms with van der Waals surface area (Å²) >= 11 is 5.60. The van der Waals surface area contributed by atoms with E-state index in [0.29, 0.717) is 17.2 Å². The molecule has 0 fully saturated rings. The fraction of sp³-hybridized carbons (Fsp3) is 0.133. The van der Waals surface area contributed by atoms with Gasteiger partial charge in [0.2, 0.25) is 0 Å². The molecule has 0 aliphatic heterocycles. The molecular formula is C15H12ClF3N4OS. The number of fused-ring (bicyclic) bond motifs is 1. The van der Waals surface area contributed by atoms with Gasteiger partial charge in [-0.1, -0.05) is 11.6 Å². The van der Waals surface area contributed by atoms with Crippen molar-refractivity contribution in [3.05, 3.63) is 52.8 Å². The largest absolute Gasteiger partial charge is 0.417 e. The van der Waals surface area contributed by atoms with Crippen LogP contribution in [0.4, 0.5) is 19.0 Å². The van der Waals surface area contributed by atoms with E-state index in [1.165, 1.54) is 22.8 Å². The number of hydrogen-bond acceptors (Lipinski definition) is 3. The van der Waals surface area contributed by atoms with Crippen LogP contribution in [0.3, 0.4) is 0 Å². The lowest BCUT2D eigenvalue weighted by Crippen LogP contribution is -2.17. The van der Waals surface area contributed by atoms with Gasteiger partial charge in [0, 0.05) is 12.3 Å². The molecule has 2 heterocycles. The summed E-state index contributed by atoms with van der Waals surface area (Å²) in [5.74, 6) is 3.84. The van der Waals surface area contributed by atoms with Crippen molar-refractivity contribution in [3.8, 4) is 0 Å². The SMILES string of the molecule is C=S(=O)(Nc1ccnc2cc(C)nn12)c1ccc(Cl)c(C(F)(F)F)c1. The number of nitrogens with zero attached hydrogens (tertiary/aromatic N) is 3. The van der Waals surface area contributed by atoms with Crippen LogP contribution in [0.5, 0.6) is 0 Å². The minimum Gasteiger partial charge on any atom is -0.293 e. The molecule has 0 saturated heterocycles. The monoisotopic (exact) mass is 388 g/mol. The second-order valence-corrected chi connectivity index (χ2v) is 7.74. The van der Waals surface area contributed by atoms with Crippen LogP contribution in [0.2, 0.25) is 5.02 Å². The van der Waals surface area contributed by atoms with E-state index in [-0.39, 0.29) is 4.90 Å². The highest BCUT2D eigenvalue weighted by atomic mass is 35.5. The predicted molar refractivity (Wildman–Crippen MR) is 91.3 cm³/mol. The van der Waals surface area contributed by atoms with Crippen molar-refractivity contribution in [1.82, 2.24) is 14.6 Å². The van der Waals surface area contributed by atoms with E-state index in [1.807, 2.05) is 0 Å².